The van der Waals surface area contributed by atoms with Gasteiger partial charge in [-0.15, -0.1) is 0 Å². The molecule has 0 bridgehead atoms. The molecule has 1 aliphatic heterocycles. The molecular weight excluding hydrogens is 222 g/mol. The molecule has 98 valence electrons. The normalized spacial score (nSPS) is 22.2. The van der Waals surface area contributed by atoms with Crippen LogP contribution in [-0.2, 0) is 12.8 Å². The number of nitrogens with zero attached hydrogens (tertiary/aromatic N) is 2. The molecule has 1 aromatic heterocycles. The van der Waals surface area contributed by atoms with Crippen LogP contribution >= 0.6 is 0 Å². The van der Waals surface area contributed by atoms with Crippen LogP contribution in [0.1, 0.15) is 37.4 Å². The zero-order valence-corrected chi connectivity index (χ0v) is 11.3. The first-order valence-electron chi connectivity index (χ1n) is 7.34. The predicted octanol–water partition coefficient (Wildman–Crippen LogP) is 2.15. The largest absolute Gasteiger partial charge is 0.352 e. The molecule has 0 amide bonds. The zero-order valence-electron chi connectivity index (χ0n) is 11.3. The molecule has 0 radical (unpaired) electrons. The minimum atomic E-state index is 0.636. The lowest BCUT2D eigenvalue weighted by Crippen LogP contribution is -2.38. The van der Waals surface area contributed by atoms with Crippen LogP contribution in [0.3, 0.4) is 0 Å². The van der Waals surface area contributed by atoms with Crippen molar-refractivity contribution in [3.63, 3.8) is 0 Å². The zero-order chi connectivity index (χ0) is 12.4. The van der Waals surface area contributed by atoms with E-state index < -0.39 is 0 Å². The first-order valence-corrected chi connectivity index (χ1v) is 7.34. The second-order valence-corrected chi connectivity index (χ2v) is 5.47. The summed E-state index contributed by atoms with van der Waals surface area (Å²) in [7, 11) is 0. The van der Waals surface area contributed by atoms with Crippen molar-refractivity contribution in [2.24, 2.45) is 0 Å². The van der Waals surface area contributed by atoms with Gasteiger partial charge in [0.25, 0.3) is 0 Å². The highest BCUT2D eigenvalue weighted by atomic mass is 15.2. The lowest BCUT2D eigenvalue weighted by molar-refractivity contribution is 0.617. The Kier molecular flexibility index (Phi) is 3.50. The van der Waals surface area contributed by atoms with Crippen molar-refractivity contribution < 1.29 is 0 Å². The van der Waals surface area contributed by atoms with E-state index in [2.05, 4.69) is 29.3 Å². The number of hydrogen-bond acceptors (Lipinski definition) is 3. The first kappa shape index (κ1) is 12.0. The highest BCUT2D eigenvalue weighted by Gasteiger charge is 2.24. The Morgan fingerprint density at radius 1 is 1.39 bits per heavy atom. The van der Waals surface area contributed by atoms with Gasteiger partial charge in [0.2, 0.25) is 0 Å². The standard InChI is InChI=1S/C15H23N3/c1-2-10-18(13-8-9-16-11-13)15-7-6-12-4-3-5-14(12)17-15/h6-7,13,16H,2-5,8-11H2,1H3. The molecule has 3 nitrogen and oxygen atoms in total. The van der Waals surface area contributed by atoms with E-state index in [-0.39, 0.29) is 0 Å². The van der Waals surface area contributed by atoms with E-state index in [0.29, 0.717) is 6.04 Å². The smallest absolute Gasteiger partial charge is 0.129 e. The Labute approximate surface area is 110 Å². The molecule has 1 aliphatic carbocycles. The summed E-state index contributed by atoms with van der Waals surface area (Å²) in [6, 6.07) is 5.17. The Morgan fingerprint density at radius 2 is 2.33 bits per heavy atom. The molecule has 1 unspecified atom stereocenters. The Balaban J connectivity index is 1.84. The second-order valence-electron chi connectivity index (χ2n) is 5.47. The summed E-state index contributed by atoms with van der Waals surface area (Å²) >= 11 is 0. The molecule has 0 aromatic carbocycles. The van der Waals surface area contributed by atoms with E-state index in [1.165, 1.54) is 49.2 Å². The van der Waals surface area contributed by atoms with Crippen LogP contribution in [0, 0.1) is 0 Å². The van der Waals surface area contributed by atoms with Gasteiger partial charge in [0, 0.05) is 24.8 Å². The Bertz CT molecular complexity index is 410. The molecule has 3 heteroatoms. The van der Waals surface area contributed by atoms with Gasteiger partial charge in [-0.2, -0.15) is 0 Å². The van der Waals surface area contributed by atoms with Gasteiger partial charge in [0.1, 0.15) is 5.82 Å². The van der Waals surface area contributed by atoms with Crippen molar-refractivity contribution >= 4 is 5.82 Å². The number of rotatable bonds is 4. The molecule has 1 fully saturated rings. The van der Waals surface area contributed by atoms with Crippen LogP contribution in [0.4, 0.5) is 5.82 Å². The van der Waals surface area contributed by atoms with Crippen molar-refractivity contribution in [2.75, 3.05) is 24.5 Å². The summed E-state index contributed by atoms with van der Waals surface area (Å²) in [5.41, 5.74) is 2.82. The summed E-state index contributed by atoms with van der Waals surface area (Å²) in [4.78, 5) is 7.43. The maximum Gasteiger partial charge on any atom is 0.129 e. The van der Waals surface area contributed by atoms with E-state index in [9.17, 15) is 0 Å². The summed E-state index contributed by atoms with van der Waals surface area (Å²) < 4.78 is 0. The maximum atomic E-state index is 4.91. The number of hydrogen-bond donors (Lipinski definition) is 1. The molecular formula is C15H23N3. The fourth-order valence-electron chi connectivity index (χ4n) is 3.20. The third-order valence-corrected chi connectivity index (χ3v) is 4.15. The highest BCUT2D eigenvalue weighted by Crippen LogP contribution is 2.25. The average Bonchev–Trinajstić information content (AvgIpc) is 3.05. The highest BCUT2D eigenvalue weighted by molar-refractivity contribution is 5.44. The van der Waals surface area contributed by atoms with Gasteiger partial charge in [-0.3, -0.25) is 0 Å². The van der Waals surface area contributed by atoms with Gasteiger partial charge >= 0.3 is 0 Å². The van der Waals surface area contributed by atoms with Crippen LogP contribution < -0.4 is 10.2 Å². The Hall–Kier alpha value is -1.09. The molecule has 18 heavy (non-hydrogen) atoms. The second kappa shape index (κ2) is 5.27. The molecule has 1 N–H and O–H groups in total. The fraction of sp³-hybridized carbons (Fsp3) is 0.667. The summed E-state index contributed by atoms with van der Waals surface area (Å²) in [5, 5.41) is 3.46. The fourth-order valence-corrected chi connectivity index (χ4v) is 3.20. The monoisotopic (exact) mass is 245 g/mol. The van der Waals surface area contributed by atoms with E-state index >= 15 is 0 Å². The van der Waals surface area contributed by atoms with Crippen LogP contribution in [0.2, 0.25) is 0 Å². The van der Waals surface area contributed by atoms with Gasteiger partial charge in [-0.05, 0) is 50.3 Å². The molecule has 1 atom stereocenters. The van der Waals surface area contributed by atoms with Crippen LogP contribution in [0.25, 0.3) is 0 Å². The predicted molar refractivity (Wildman–Crippen MR) is 75.2 cm³/mol. The minimum absolute atomic E-state index is 0.636. The van der Waals surface area contributed by atoms with Crippen molar-refractivity contribution in [2.45, 2.75) is 45.1 Å². The third-order valence-electron chi connectivity index (χ3n) is 4.15. The summed E-state index contributed by atoms with van der Waals surface area (Å²) in [6.07, 6.45) is 6.12. The molecule has 1 aromatic rings. The van der Waals surface area contributed by atoms with Crippen molar-refractivity contribution in [3.05, 3.63) is 23.4 Å². The Morgan fingerprint density at radius 3 is 3.11 bits per heavy atom. The summed E-state index contributed by atoms with van der Waals surface area (Å²) in [5.74, 6) is 1.20. The summed E-state index contributed by atoms with van der Waals surface area (Å²) in [6.45, 7) is 5.63. The lowest BCUT2D eigenvalue weighted by atomic mass is 10.2. The van der Waals surface area contributed by atoms with Crippen molar-refractivity contribution in [1.82, 2.24) is 10.3 Å². The van der Waals surface area contributed by atoms with E-state index in [1.54, 1.807) is 0 Å². The van der Waals surface area contributed by atoms with Crippen LogP contribution in [-0.4, -0.2) is 30.7 Å². The molecule has 1 saturated heterocycles. The maximum absolute atomic E-state index is 4.91. The quantitative estimate of drug-likeness (QED) is 0.881. The van der Waals surface area contributed by atoms with Gasteiger partial charge < -0.3 is 10.2 Å². The average molecular weight is 245 g/mol. The number of aryl methyl sites for hydroxylation is 2. The topological polar surface area (TPSA) is 28.2 Å². The van der Waals surface area contributed by atoms with Crippen molar-refractivity contribution in [1.29, 1.82) is 0 Å². The van der Waals surface area contributed by atoms with E-state index in [1.807, 2.05) is 0 Å². The van der Waals surface area contributed by atoms with Gasteiger partial charge in [0.05, 0.1) is 0 Å². The molecule has 2 heterocycles. The van der Waals surface area contributed by atoms with Gasteiger partial charge in [0.15, 0.2) is 0 Å². The minimum Gasteiger partial charge on any atom is -0.352 e. The van der Waals surface area contributed by atoms with Crippen LogP contribution in [0.5, 0.6) is 0 Å². The SMILES string of the molecule is CCCN(c1ccc2c(n1)CCC2)C1CCNC1. The first-order chi connectivity index (χ1) is 8.88. The number of anilines is 1. The third kappa shape index (κ3) is 2.24. The van der Waals surface area contributed by atoms with Gasteiger partial charge in [-0.25, -0.2) is 4.98 Å². The van der Waals surface area contributed by atoms with Crippen LogP contribution in [0.15, 0.2) is 12.1 Å². The molecule has 0 saturated carbocycles. The number of aromatic nitrogens is 1. The van der Waals surface area contributed by atoms with E-state index in [4.69, 9.17) is 4.98 Å². The lowest BCUT2D eigenvalue weighted by Gasteiger charge is -2.29. The molecule has 0 spiro atoms. The van der Waals surface area contributed by atoms with Gasteiger partial charge in [-0.1, -0.05) is 13.0 Å². The molecule has 3 rings (SSSR count). The van der Waals surface area contributed by atoms with E-state index in [0.717, 1.165) is 19.6 Å². The molecule has 2 aliphatic rings. The number of pyridine rings is 1. The van der Waals surface area contributed by atoms with Crippen molar-refractivity contribution in [3.8, 4) is 0 Å². The number of fused-ring (bicyclic) bond motifs is 1. The number of nitrogens with one attached hydrogen (secondary N) is 1.